The lowest BCUT2D eigenvalue weighted by atomic mass is 9.82. The fraction of sp³-hybridized carbons (Fsp3) is 0.515. The number of carbonyl (C=O) groups is 1. The molecule has 1 aromatic carbocycles. The quantitative estimate of drug-likeness (QED) is 0.269. The van der Waals surface area contributed by atoms with Gasteiger partial charge in [0.1, 0.15) is 17.4 Å². The zero-order valence-corrected chi connectivity index (χ0v) is 26.2. The molecule has 1 aliphatic heterocycles. The lowest BCUT2D eigenvalue weighted by Crippen LogP contribution is -2.45. The number of aromatic nitrogens is 4. The van der Waals surface area contributed by atoms with Gasteiger partial charge in [-0.2, -0.15) is 5.10 Å². The second-order valence-electron chi connectivity index (χ2n) is 12.3. The molecule has 2 aliphatic rings. The molecule has 1 saturated heterocycles. The number of anilines is 1. The third kappa shape index (κ3) is 7.87. The summed E-state index contributed by atoms with van der Waals surface area (Å²) in [5.74, 6) is 8.04. The van der Waals surface area contributed by atoms with Gasteiger partial charge in [-0.05, 0) is 71.6 Å². The van der Waals surface area contributed by atoms with Crippen molar-refractivity contribution in [1.82, 2.24) is 24.9 Å². The largest absolute Gasteiger partial charge is 0.467 e. The van der Waals surface area contributed by atoms with Crippen LogP contribution in [0.2, 0.25) is 0 Å². The number of likely N-dealkylation sites (tertiary alicyclic amines) is 1. The van der Waals surface area contributed by atoms with Gasteiger partial charge in [-0.3, -0.25) is 4.68 Å². The molecule has 3 heterocycles. The maximum Gasteiger partial charge on any atom is 0.410 e. The van der Waals surface area contributed by atoms with E-state index in [9.17, 15) is 4.79 Å². The Hall–Kier alpha value is -4.14. The summed E-state index contributed by atoms with van der Waals surface area (Å²) in [7, 11) is 1.58. The summed E-state index contributed by atoms with van der Waals surface area (Å²) in [5, 5.41) is 13.1. The highest BCUT2D eigenvalue weighted by molar-refractivity contribution is 5.78. The Bertz CT molecular complexity index is 1490. The Kier molecular flexibility index (Phi) is 9.71. The van der Waals surface area contributed by atoms with Gasteiger partial charge in [0.15, 0.2) is 12.6 Å². The van der Waals surface area contributed by atoms with Gasteiger partial charge in [0.05, 0.1) is 24.1 Å². The van der Waals surface area contributed by atoms with Gasteiger partial charge in [-0.1, -0.05) is 24.0 Å². The predicted molar refractivity (Wildman–Crippen MR) is 167 cm³/mol. The molecule has 2 fully saturated rings. The number of carbonyl (C=O) groups excluding carboxylic acids is 1. The van der Waals surface area contributed by atoms with Crippen molar-refractivity contribution in [3.8, 4) is 40.0 Å². The second-order valence-corrected chi connectivity index (χ2v) is 12.3. The number of para-hydroxylation sites is 1. The van der Waals surface area contributed by atoms with Crippen molar-refractivity contribution < 1.29 is 23.7 Å². The Morgan fingerprint density at radius 1 is 1.11 bits per heavy atom. The molecule has 2 N–H and O–H groups in total. The maximum atomic E-state index is 12.3. The summed E-state index contributed by atoms with van der Waals surface area (Å²) in [4.78, 5) is 14.1. The average Bonchev–Trinajstić information content (AvgIpc) is 3.47. The molecule has 1 aliphatic carbocycles. The first-order valence-electron chi connectivity index (χ1n) is 15.1. The highest BCUT2D eigenvalue weighted by Crippen LogP contribution is 2.34. The number of piperidine rings is 1. The van der Waals surface area contributed by atoms with Crippen molar-refractivity contribution in [1.29, 1.82) is 0 Å². The molecule has 1 saturated carbocycles. The number of amides is 1. The molecule has 0 unspecified atom stereocenters. The van der Waals surface area contributed by atoms with Crippen molar-refractivity contribution in [3.05, 3.63) is 42.7 Å². The third-order valence-electron chi connectivity index (χ3n) is 7.70. The van der Waals surface area contributed by atoms with Crippen LogP contribution in [-0.4, -0.2) is 75.8 Å². The molecule has 44 heavy (non-hydrogen) atoms. The first kappa shape index (κ1) is 31.3. The Morgan fingerprint density at radius 3 is 2.59 bits per heavy atom. The number of rotatable bonds is 8. The number of methoxy groups -OCH3 is 1. The first-order valence-corrected chi connectivity index (χ1v) is 15.1. The molecule has 0 spiro atoms. The molecule has 2 aromatic heterocycles. The van der Waals surface area contributed by atoms with E-state index in [-0.39, 0.29) is 31.1 Å². The normalized spacial score (nSPS) is 19.4. The van der Waals surface area contributed by atoms with Gasteiger partial charge >= 0.3 is 6.09 Å². The number of nitrogens with two attached hydrogens (primary N) is 1. The zero-order chi connectivity index (χ0) is 31.3. The average molecular weight is 603 g/mol. The molecule has 5 rings (SSSR count). The summed E-state index contributed by atoms with van der Waals surface area (Å²) in [6.07, 6.45) is 7.37. The minimum absolute atomic E-state index is 0.112. The third-order valence-corrected chi connectivity index (χ3v) is 7.70. The van der Waals surface area contributed by atoms with E-state index in [1.165, 1.54) is 0 Å². The van der Waals surface area contributed by atoms with Gasteiger partial charge in [0, 0.05) is 49.0 Å². The zero-order valence-electron chi connectivity index (χ0n) is 26.2. The van der Waals surface area contributed by atoms with Crippen LogP contribution in [0.5, 0.6) is 5.75 Å². The second kappa shape index (κ2) is 13.7. The van der Waals surface area contributed by atoms with Gasteiger partial charge in [0.25, 0.3) is 0 Å². The number of nitrogen functional groups attached to an aromatic ring is 1. The Labute approximate surface area is 259 Å². The molecule has 1 atom stereocenters. The topological polar surface area (TPSA) is 127 Å². The molecule has 234 valence electrons. The summed E-state index contributed by atoms with van der Waals surface area (Å²) in [5.41, 5.74) is 8.74. The number of hydrogen-bond donors (Lipinski definition) is 1. The number of benzene rings is 1. The molecular weight excluding hydrogens is 560 g/mol. The van der Waals surface area contributed by atoms with E-state index < -0.39 is 5.60 Å². The predicted octanol–water partition coefficient (Wildman–Crippen LogP) is 5.33. The minimum Gasteiger partial charge on any atom is -0.467 e. The van der Waals surface area contributed by atoms with Crippen LogP contribution in [-0.2, 0) is 14.2 Å². The SMILES string of the molecule is COCOc1ccccc1-c1cc(-c2cnn([C@H](C)C#CC3CC(OC4CCN(C(=O)OC(C)(C)C)CC4)C3)c2)c(N)nn1. The lowest BCUT2D eigenvalue weighted by molar-refractivity contribution is -0.0849. The molecule has 3 aromatic rings. The van der Waals surface area contributed by atoms with Crippen LogP contribution in [0.3, 0.4) is 0 Å². The van der Waals surface area contributed by atoms with Crippen molar-refractivity contribution >= 4 is 11.9 Å². The summed E-state index contributed by atoms with van der Waals surface area (Å²) < 4.78 is 24.4. The first-order chi connectivity index (χ1) is 21.1. The van der Waals surface area contributed by atoms with Crippen molar-refractivity contribution in [2.24, 2.45) is 5.92 Å². The van der Waals surface area contributed by atoms with E-state index in [4.69, 9.17) is 24.7 Å². The van der Waals surface area contributed by atoms with Crippen LogP contribution in [0.4, 0.5) is 10.6 Å². The summed E-state index contributed by atoms with van der Waals surface area (Å²) in [6, 6.07) is 9.37. The van der Waals surface area contributed by atoms with Crippen molar-refractivity contribution in [3.63, 3.8) is 0 Å². The Balaban J connectivity index is 1.13. The number of nitrogens with zero attached hydrogens (tertiary/aromatic N) is 5. The van der Waals surface area contributed by atoms with E-state index in [1.807, 2.05) is 68.9 Å². The molecule has 11 nitrogen and oxygen atoms in total. The van der Waals surface area contributed by atoms with Crippen LogP contribution in [0.25, 0.3) is 22.4 Å². The lowest BCUT2D eigenvalue weighted by Gasteiger charge is -2.38. The molecule has 0 bridgehead atoms. The van der Waals surface area contributed by atoms with Gasteiger partial charge in [-0.25, -0.2) is 4.79 Å². The van der Waals surface area contributed by atoms with E-state index in [0.717, 1.165) is 42.4 Å². The number of hydrogen-bond acceptors (Lipinski definition) is 9. The molecule has 11 heteroatoms. The van der Waals surface area contributed by atoms with Gasteiger partial charge in [-0.15, -0.1) is 10.2 Å². The van der Waals surface area contributed by atoms with Crippen LogP contribution < -0.4 is 10.5 Å². The maximum absolute atomic E-state index is 12.3. The van der Waals surface area contributed by atoms with E-state index >= 15 is 0 Å². The van der Waals surface area contributed by atoms with Crippen molar-refractivity contribution in [2.75, 3.05) is 32.7 Å². The fourth-order valence-corrected chi connectivity index (χ4v) is 5.25. The number of ether oxygens (including phenoxy) is 4. The molecule has 0 radical (unpaired) electrons. The van der Waals surface area contributed by atoms with Crippen LogP contribution >= 0.6 is 0 Å². The van der Waals surface area contributed by atoms with Crippen molar-refractivity contribution in [2.45, 2.75) is 77.2 Å². The van der Waals surface area contributed by atoms with Crippen LogP contribution in [0, 0.1) is 17.8 Å². The van der Waals surface area contributed by atoms with Crippen LogP contribution in [0.1, 0.15) is 59.4 Å². The molecular formula is C33H42N6O5. The van der Waals surface area contributed by atoms with Crippen LogP contribution in [0.15, 0.2) is 42.7 Å². The monoisotopic (exact) mass is 602 g/mol. The summed E-state index contributed by atoms with van der Waals surface area (Å²) in [6.45, 7) is 9.14. The highest BCUT2D eigenvalue weighted by Gasteiger charge is 2.33. The Morgan fingerprint density at radius 2 is 1.86 bits per heavy atom. The summed E-state index contributed by atoms with van der Waals surface area (Å²) >= 11 is 0. The highest BCUT2D eigenvalue weighted by atomic mass is 16.7. The van der Waals surface area contributed by atoms with E-state index in [0.29, 0.717) is 36.3 Å². The van der Waals surface area contributed by atoms with Gasteiger partial charge in [0.2, 0.25) is 0 Å². The minimum atomic E-state index is -0.480. The smallest absolute Gasteiger partial charge is 0.410 e. The van der Waals surface area contributed by atoms with E-state index in [1.54, 1.807) is 18.2 Å². The van der Waals surface area contributed by atoms with E-state index in [2.05, 4.69) is 27.1 Å². The fourth-order valence-electron chi connectivity index (χ4n) is 5.25. The van der Waals surface area contributed by atoms with Gasteiger partial charge < -0.3 is 29.6 Å². The molecule has 1 amide bonds. The standard InChI is InChI=1S/C33H42N6O5/c1-22(10-11-23-16-26(17-23)43-25-12-14-38(15-13-25)32(40)44-33(2,3)4)39-20-24(19-35-39)28-18-29(36-37-31(28)34)27-8-6-7-9-30(27)42-21-41-5/h6-9,18-20,22-23,25-26H,12-17,21H2,1-5H3,(H2,34,37)/t22-,23?,26?/m1/s1.